The van der Waals surface area contributed by atoms with Gasteiger partial charge in [0.05, 0.1) is 22.0 Å². The van der Waals surface area contributed by atoms with E-state index >= 15 is 0 Å². The van der Waals surface area contributed by atoms with Crippen LogP contribution in [0.2, 0.25) is 0 Å². The average Bonchev–Trinajstić information content (AvgIpc) is 3.33. The lowest BCUT2D eigenvalue weighted by Gasteiger charge is -2.16. The van der Waals surface area contributed by atoms with Crippen molar-refractivity contribution < 1.29 is 33.5 Å². The number of hydrogen-bond acceptors (Lipinski definition) is 8. The van der Waals surface area contributed by atoms with Crippen molar-refractivity contribution in [3.63, 3.8) is 0 Å². The maximum absolute atomic E-state index is 11.7. The molecule has 2 aromatic carbocycles. The average molecular weight is 726 g/mol. The number of imidazole rings is 1. The number of nitrogen functional groups attached to an aromatic ring is 1. The van der Waals surface area contributed by atoms with E-state index in [2.05, 4.69) is 23.3 Å². The number of carbonyl (C=O) groups excluding carboxylic acids is 1. The Morgan fingerprint density at radius 3 is 2.63 bits per heavy atom. The number of halogens is 1. The Morgan fingerprint density at radius 1 is 1.09 bits per heavy atom. The SMILES string of the molecule is CCCCc1nc2c(N)nc3ccc(CCCOCCCNC(=O)CI)cc3c2n1Cc1cc(O)ccc1OP(=O)(O)O. The molecule has 0 saturated heterocycles. The number of benzene rings is 2. The van der Waals surface area contributed by atoms with Crippen LogP contribution in [0.5, 0.6) is 11.5 Å². The van der Waals surface area contributed by atoms with Crippen LogP contribution in [-0.2, 0) is 33.5 Å². The van der Waals surface area contributed by atoms with Gasteiger partial charge < -0.3 is 30.0 Å². The van der Waals surface area contributed by atoms with Gasteiger partial charge in [0, 0.05) is 37.1 Å². The molecule has 0 saturated carbocycles. The topological polar surface area (TPSA) is 182 Å². The number of aryl methyl sites for hydroxylation is 2. The van der Waals surface area contributed by atoms with Gasteiger partial charge in [0.25, 0.3) is 0 Å². The van der Waals surface area contributed by atoms with Crippen LogP contribution in [0.4, 0.5) is 5.82 Å². The number of rotatable bonds is 16. The van der Waals surface area contributed by atoms with Crippen LogP contribution in [0.15, 0.2) is 36.4 Å². The van der Waals surface area contributed by atoms with Gasteiger partial charge in [-0.15, -0.1) is 0 Å². The van der Waals surface area contributed by atoms with Crippen LogP contribution in [0.3, 0.4) is 0 Å². The zero-order chi connectivity index (χ0) is 31.0. The molecule has 0 aliphatic carbocycles. The summed E-state index contributed by atoms with van der Waals surface area (Å²) in [5, 5.41) is 13.9. The predicted molar refractivity (Wildman–Crippen MR) is 174 cm³/mol. The molecule has 4 aromatic rings. The summed E-state index contributed by atoms with van der Waals surface area (Å²) < 4.78 is 24.8. The molecule has 14 heteroatoms. The fourth-order valence-corrected chi connectivity index (χ4v) is 5.57. The fourth-order valence-electron chi connectivity index (χ4n) is 4.86. The minimum absolute atomic E-state index is 0.0258. The van der Waals surface area contributed by atoms with E-state index in [1.807, 2.05) is 39.3 Å². The molecule has 2 aromatic heterocycles. The second-order valence-electron chi connectivity index (χ2n) is 10.2. The first-order chi connectivity index (χ1) is 20.6. The monoisotopic (exact) mass is 725 g/mol. The van der Waals surface area contributed by atoms with Crippen LogP contribution in [-0.4, -0.2) is 59.5 Å². The van der Waals surface area contributed by atoms with Crippen LogP contribution in [0.25, 0.3) is 21.9 Å². The second kappa shape index (κ2) is 15.2. The molecule has 1 amide bonds. The highest BCUT2D eigenvalue weighted by Gasteiger charge is 2.22. The smallest absolute Gasteiger partial charge is 0.508 e. The predicted octanol–water partition coefficient (Wildman–Crippen LogP) is 4.63. The van der Waals surface area contributed by atoms with Crippen molar-refractivity contribution >= 4 is 64.1 Å². The Morgan fingerprint density at radius 2 is 1.88 bits per heavy atom. The van der Waals surface area contributed by atoms with Gasteiger partial charge in [-0.05, 0) is 61.6 Å². The van der Waals surface area contributed by atoms with E-state index in [9.17, 15) is 24.3 Å². The summed E-state index contributed by atoms with van der Waals surface area (Å²) in [7, 11) is -4.84. The van der Waals surface area contributed by atoms with E-state index in [1.165, 1.54) is 18.2 Å². The molecule has 0 radical (unpaired) electrons. The summed E-state index contributed by atoms with van der Waals surface area (Å²) in [5.41, 5.74) is 9.85. The number of fused-ring (bicyclic) bond motifs is 3. The van der Waals surface area contributed by atoms with Crippen molar-refractivity contribution in [2.45, 2.75) is 52.0 Å². The van der Waals surface area contributed by atoms with Crippen molar-refractivity contribution in [3.05, 3.63) is 53.3 Å². The number of phenolic OH excluding ortho intramolecular Hbond substituents is 1. The molecule has 0 spiro atoms. The maximum atomic E-state index is 11.7. The first-order valence-electron chi connectivity index (χ1n) is 14.1. The molecule has 0 aliphatic heterocycles. The highest BCUT2D eigenvalue weighted by atomic mass is 127. The van der Waals surface area contributed by atoms with E-state index in [-0.39, 0.29) is 29.8 Å². The highest BCUT2D eigenvalue weighted by molar-refractivity contribution is 14.1. The Bertz CT molecular complexity index is 1620. The number of unbranched alkanes of at least 4 members (excludes halogenated alkanes) is 1. The molecular formula is C29H37IN5O7P. The van der Waals surface area contributed by atoms with E-state index in [0.29, 0.717) is 47.2 Å². The van der Waals surface area contributed by atoms with E-state index in [0.717, 1.165) is 54.4 Å². The molecule has 0 atom stereocenters. The number of nitrogens with one attached hydrogen (secondary N) is 1. The number of amides is 1. The molecule has 2 heterocycles. The van der Waals surface area contributed by atoms with Gasteiger partial charge in [0.2, 0.25) is 5.91 Å². The fraction of sp³-hybridized carbons (Fsp3) is 0.414. The number of phosphoric acid groups is 1. The minimum atomic E-state index is -4.84. The summed E-state index contributed by atoms with van der Waals surface area (Å²) in [6.45, 7) is 3.98. The number of nitrogens with zero attached hydrogens (tertiary/aromatic N) is 3. The van der Waals surface area contributed by atoms with Gasteiger partial charge in [-0.2, -0.15) is 0 Å². The molecule has 232 valence electrons. The van der Waals surface area contributed by atoms with Crippen molar-refractivity contribution in [1.82, 2.24) is 19.9 Å². The first kappa shape index (κ1) is 32.9. The van der Waals surface area contributed by atoms with Gasteiger partial charge in [-0.3, -0.25) is 14.6 Å². The number of hydrogen-bond donors (Lipinski definition) is 5. The summed E-state index contributed by atoms with van der Waals surface area (Å²) in [4.78, 5) is 39.7. The number of carbonyl (C=O) groups is 1. The third kappa shape index (κ3) is 9.02. The molecule has 4 rings (SSSR count). The van der Waals surface area contributed by atoms with Crippen LogP contribution in [0, 0.1) is 0 Å². The normalized spacial score (nSPS) is 11.8. The lowest BCUT2D eigenvalue weighted by Crippen LogP contribution is -2.25. The molecule has 6 N–H and O–H groups in total. The zero-order valence-corrected chi connectivity index (χ0v) is 27.0. The molecule has 12 nitrogen and oxygen atoms in total. The van der Waals surface area contributed by atoms with Crippen LogP contribution in [0.1, 0.15) is 49.6 Å². The van der Waals surface area contributed by atoms with Crippen molar-refractivity contribution in [3.8, 4) is 11.5 Å². The lowest BCUT2D eigenvalue weighted by molar-refractivity contribution is -0.118. The minimum Gasteiger partial charge on any atom is -0.508 e. The Balaban J connectivity index is 1.63. The van der Waals surface area contributed by atoms with Crippen molar-refractivity contribution in [1.29, 1.82) is 0 Å². The quantitative estimate of drug-likeness (QED) is 0.0473. The third-order valence-corrected chi connectivity index (χ3v) is 7.98. The highest BCUT2D eigenvalue weighted by Crippen LogP contribution is 2.41. The van der Waals surface area contributed by atoms with E-state index in [1.54, 1.807) is 0 Å². The lowest BCUT2D eigenvalue weighted by atomic mass is 10.1. The number of aromatic nitrogens is 3. The Hall–Kier alpha value is -2.97. The summed E-state index contributed by atoms with van der Waals surface area (Å²) >= 11 is 2.03. The Kier molecular flexibility index (Phi) is 11.6. The summed E-state index contributed by atoms with van der Waals surface area (Å²) in [5.74, 6) is 0.967. The summed E-state index contributed by atoms with van der Waals surface area (Å²) in [6.07, 6.45) is 4.81. The number of phenols is 1. The second-order valence-corrected chi connectivity index (χ2v) is 12.1. The number of aromatic hydroxyl groups is 1. The Labute approximate surface area is 263 Å². The van der Waals surface area contributed by atoms with Gasteiger partial charge in [0.1, 0.15) is 22.8 Å². The molecule has 0 unspecified atom stereocenters. The van der Waals surface area contributed by atoms with E-state index < -0.39 is 7.82 Å². The zero-order valence-electron chi connectivity index (χ0n) is 24.0. The molecular weight excluding hydrogens is 688 g/mol. The van der Waals surface area contributed by atoms with Crippen molar-refractivity contribution in [2.24, 2.45) is 0 Å². The number of ether oxygens (including phenoxy) is 1. The summed E-state index contributed by atoms with van der Waals surface area (Å²) in [6, 6.07) is 10.1. The molecule has 0 aliphatic rings. The molecule has 43 heavy (non-hydrogen) atoms. The first-order valence-corrected chi connectivity index (χ1v) is 17.2. The van der Waals surface area contributed by atoms with Gasteiger partial charge >= 0.3 is 7.82 Å². The number of phosphoric ester groups is 1. The van der Waals surface area contributed by atoms with Gasteiger partial charge in [-0.1, -0.05) is 42.0 Å². The molecule has 0 bridgehead atoms. The van der Waals surface area contributed by atoms with E-state index in [4.69, 9.17) is 20.0 Å². The number of nitrogens with two attached hydrogens (primary N) is 1. The van der Waals surface area contributed by atoms with Gasteiger partial charge in [0.15, 0.2) is 5.82 Å². The third-order valence-electron chi connectivity index (χ3n) is 6.85. The maximum Gasteiger partial charge on any atom is 0.524 e. The number of alkyl halides is 1. The molecule has 0 fully saturated rings. The standard InChI is InChI=1S/C29H37IN5O7P/c1-2-3-7-25-34-27-28(35(25)18-20-16-21(36)9-11-24(20)42-43(38,39)40)22-15-19(8-10-23(22)33-29(27)31)6-4-13-41-14-5-12-32-26(37)17-30/h8-11,15-16,36H,2-7,12-14,17-18H2,1H3,(H2,31,33)(H,32,37)(H2,38,39,40). The van der Waals surface area contributed by atoms with Crippen molar-refractivity contribution in [2.75, 3.05) is 29.9 Å². The largest absolute Gasteiger partial charge is 0.524 e. The van der Waals surface area contributed by atoms with Crippen LogP contribution < -0.4 is 15.6 Å². The number of anilines is 1. The van der Waals surface area contributed by atoms with Gasteiger partial charge in [-0.25, -0.2) is 14.5 Å². The van der Waals surface area contributed by atoms with Crippen LogP contribution >= 0.6 is 30.4 Å². The number of pyridine rings is 1.